The van der Waals surface area contributed by atoms with E-state index in [0.29, 0.717) is 20.6 Å². The number of benzene rings is 3. The number of thiophene rings is 1. The van der Waals surface area contributed by atoms with Crippen molar-refractivity contribution >= 4 is 51.2 Å². The highest BCUT2D eigenvalue weighted by atomic mass is 32.1. The summed E-state index contributed by atoms with van der Waals surface area (Å²) in [7, 11) is 0. The molecular weight excluding hydrogens is 512 g/mol. The van der Waals surface area contributed by atoms with E-state index in [1.54, 1.807) is 11.5 Å². The molecule has 0 N–H and O–H groups in total. The molecular formula is C31H24N2O3S2. The fourth-order valence-electron chi connectivity index (χ4n) is 4.90. The van der Waals surface area contributed by atoms with Gasteiger partial charge in [-0.25, -0.2) is 9.79 Å². The number of carbonyl (C=O) groups is 1. The molecule has 1 aliphatic rings. The molecule has 188 valence electrons. The molecule has 0 fully saturated rings. The van der Waals surface area contributed by atoms with Gasteiger partial charge < -0.3 is 4.74 Å². The van der Waals surface area contributed by atoms with Crippen LogP contribution in [0.5, 0.6) is 0 Å². The first-order valence-electron chi connectivity index (χ1n) is 12.4. The first-order valence-corrected chi connectivity index (χ1v) is 14.1. The van der Waals surface area contributed by atoms with E-state index in [4.69, 9.17) is 9.73 Å². The maximum absolute atomic E-state index is 14.0. The summed E-state index contributed by atoms with van der Waals surface area (Å²) in [5.41, 5.74) is 3.70. The summed E-state index contributed by atoms with van der Waals surface area (Å²) in [5.74, 6) is -0.465. The van der Waals surface area contributed by atoms with Crippen molar-refractivity contribution in [1.82, 2.24) is 4.57 Å². The maximum Gasteiger partial charge on any atom is 0.338 e. The summed E-state index contributed by atoms with van der Waals surface area (Å²) in [6.45, 7) is 4.09. The van der Waals surface area contributed by atoms with E-state index in [2.05, 4.69) is 25.1 Å². The molecule has 3 aromatic carbocycles. The van der Waals surface area contributed by atoms with Crippen LogP contribution in [0.1, 0.15) is 34.5 Å². The third-order valence-corrected chi connectivity index (χ3v) is 8.56. The number of ether oxygens (including phenoxy) is 1. The number of carbonyl (C=O) groups excluding carboxylic acids is 1. The quantitative estimate of drug-likeness (QED) is 0.280. The molecule has 0 bridgehead atoms. The Bertz CT molecular complexity index is 1880. The molecule has 2 aromatic heterocycles. The summed E-state index contributed by atoms with van der Waals surface area (Å²) in [6, 6.07) is 25.2. The number of nitrogens with zero attached hydrogens (tertiary/aromatic N) is 2. The number of hydrogen-bond donors (Lipinski definition) is 0. The normalized spacial score (nSPS) is 15.4. The highest BCUT2D eigenvalue weighted by Crippen LogP contribution is 2.36. The Morgan fingerprint density at radius 1 is 1.00 bits per heavy atom. The van der Waals surface area contributed by atoms with Crippen LogP contribution in [0, 0.1) is 6.92 Å². The van der Waals surface area contributed by atoms with Gasteiger partial charge in [-0.15, -0.1) is 11.3 Å². The van der Waals surface area contributed by atoms with E-state index in [1.165, 1.54) is 28.2 Å². The van der Waals surface area contributed by atoms with Crippen LogP contribution < -0.4 is 14.9 Å². The number of aromatic nitrogens is 1. The van der Waals surface area contributed by atoms with Crippen molar-refractivity contribution in [2.45, 2.75) is 19.9 Å². The van der Waals surface area contributed by atoms with E-state index >= 15 is 0 Å². The van der Waals surface area contributed by atoms with Gasteiger partial charge in [0, 0.05) is 10.4 Å². The monoisotopic (exact) mass is 536 g/mol. The number of aryl methyl sites for hydroxylation is 1. The molecule has 5 nitrogen and oxygen atoms in total. The third kappa shape index (κ3) is 4.14. The Hall–Kier alpha value is -4.07. The molecule has 5 aromatic rings. The molecule has 7 heteroatoms. The molecule has 0 radical (unpaired) electrons. The predicted molar refractivity (Wildman–Crippen MR) is 154 cm³/mol. The fourth-order valence-corrected chi connectivity index (χ4v) is 6.71. The molecule has 0 spiro atoms. The topological polar surface area (TPSA) is 60.7 Å². The zero-order valence-corrected chi connectivity index (χ0v) is 22.5. The predicted octanol–water partition coefficient (Wildman–Crippen LogP) is 5.46. The van der Waals surface area contributed by atoms with Crippen molar-refractivity contribution in [2.24, 2.45) is 4.99 Å². The molecule has 0 saturated heterocycles. The average Bonchev–Trinajstić information content (AvgIpc) is 3.58. The van der Waals surface area contributed by atoms with Crippen LogP contribution in [0.15, 0.2) is 99.6 Å². The Morgan fingerprint density at radius 2 is 1.76 bits per heavy atom. The van der Waals surface area contributed by atoms with Gasteiger partial charge in [0.05, 0.1) is 22.4 Å². The van der Waals surface area contributed by atoms with E-state index in [1.807, 2.05) is 72.1 Å². The van der Waals surface area contributed by atoms with Crippen LogP contribution in [0.25, 0.3) is 22.5 Å². The number of rotatable bonds is 5. The van der Waals surface area contributed by atoms with Gasteiger partial charge in [0.15, 0.2) is 4.80 Å². The van der Waals surface area contributed by atoms with Gasteiger partial charge in [-0.2, -0.15) is 0 Å². The van der Waals surface area contributed by atoms with Gasteiger partial charge in [-0.1, -0.05) is 84.1 Å². The van der Waals surface area contributed by atoms with Crippen molar-refractivity contribution in [2.75, 3.05) is 6.61 Å². The molecule has 0 amide bonds. The van der Waals surface area contributed by atoms with Crippen LogP contribution in [0.2, 0.25) is 0 Å². The Labute approximate surface area is 227 Å². The van der Waals surface area contributed by atoms with Gasteiger partial charge in [-0.3, -0.25) is 9.36 Å². The van der Waals surface area contributed by atoms with E-state index in [0.717, 1.165) is 26.8 Å². The van der Waals surface area contributed by atoms with Crippen LogP contribution in [0.3, 0.4) is 0 Å². The Morgan fingerprint density at radius 3 is 2.50 bits per heavy atom. The van der Waals surface area contributed by atoms with Gasteiger partial charge >= 0.3 is 5.97 Å². The first kappa shape index (κ1) is 24.3. The smallest absolute Gasteiger partial charge is 0.338 e. The van der Waals surface area contributed by atoms with Gasteiger partial charge in [0.2, 0.25) is 0 Å². The van der Waals surface area contributed by atoms with Crippen LogP contribution >= 0.6 is 22.7 Å². The lowest BCUT2D eigenvalue weighted by Crippen LogP contribution is -2.39. The van der Waals surface area contributed by atoms with Gasteiger partial charge in [-0.05, 0) is 53.3 Å². The number of fused-ring (bicyclic) bond motifs is 2. The minimum Gasteiger partial charge on any atom is -0.463 e. The zero-order valence-electron chi connectivity index (χ0n) is 20.9. The molecule has 0 saturated carbocycles. The molecule has 3 heterocycles. The molecule has 1 aliphatic heterocycles. The van der Waals surface area contributed by atoms with Crippen molar-refractivity contribution in [3.8, 4) is 0 Å². The lowest BCUT2D eigenvalue weighted by Gasteiger charge is -2.24. The second kappa shape index (κ2) is 10.0. The fraction of sp³-hybridized carbons (Fsp3) is 0.129. The van der Waals surface area contributed by atoms with Crippen molar-refractivity contribution in [3.05, 3.63) is 131 Å². The van der Waals surface area contributed by atoms with Crippen molar-refractivity contribution < 1.29 is 9.53 Å². The standard InChI is InChI=1S/C31H24N2O3S2/c1-3-36-30(35)26-27(20-10-5-4-6-11-20)32-31-33(28(26)24-14-9-17-37-24)29(34)25(38-31)18-21-16-15-19(2)22-12-7-8-13-23(21)22/h4-18,28H,3H2,1-2H3/b25-18-. The van der Waals surface area contributed by atoms with Crippen LogP contribution in [-0.2, 0) is 9.53 Å². The summed E-state index contributed by atoms with van der Waals surface area (Å²) in [6.07, 6.45) is 1.94. The highest BCUT2D eigenvalue weighted by molar-refractivity contribution is 7.10. The number of esters is 1. The molecule has 1 atom stereocenters. The zero-order chi connectivity index (χ0) is 26.2. The SMILES string of the molecule is CCOC(=O)C1=C(c2ccccc2)N=c2s/c(=C\c3ccc(C)c4ccccc34)c(=O)n2C1c1cccs1. The largest absolute Gasteiger partial charge is 0.463 e. The minimum atomic E-state index is -0.627. The minimum absolute atomic E-state index is 0.175. The first-order chi connectivity index (χ1) is 18.6. The van der Waals surface area contributed by atoms with Crippen LogP contribution in [-0.4, -0.2) is 17.1 Å². The van der Waals surface area contributed by atoms with Crippen molar-refractivity contribution in [1.29, 1.82) is 0 Å². The summed E-state index contributed by atoms with van der Waals surface area (Å²) in [4.78, 5) is 33.8. The molecule has 6 rings (SSSR count). The lowest BCUT2D eigenvalue weighted by molar-refractivity contribution is -0.138. The average molecular weight is 537 g/mol. The third-order valence-electron chi connectivity index (χ3n) is 6.65. The van der Waals surface area contributed by atoms with Crippen LogP contribution in [0.4, 0.5) is 0 Å². The molecule has 0 aliphatic carbocycles. The van der Waals surface area contributed by atoms with E-state index in [9.17, 15) is 9.59 Å². The second-order valence-electron chi connectivity index (χ2n) is 8.96. The highest BCUT2D eigenvalue weighted by Gasteiger charge is 2.35. The van der Waals surface area contributed by atoms with Gasteiger partial charge in [0.1, 0.15) is 6.04 Å². The summed E-state index contributed by atoms with van der Waals surface area (Å²) >= 11 is 2.85. The molecule has 1 unspecified atom stereocenters. The Balaban J connectivity index is 1.65. The summed E-state index contributed by atoms with van der Waals surface area (Å²) < 4.78 is 7.72. The molecule has 38 heavy (non-hydrogen) atoms. The summed E-state index contributed by atoms with van der Waals surface area (Å²) in [5, 5.41) is 4.20. The van der Waals surface area contributed by atoms with E-state index in [-0.39, 0.29) is 12.2 Å². The lowest BCUT2D eigenvalue weighted by atomic mass is 9.97. The van der Waals surface area contributed by atoms with Crippen molar-refractivity contribution in [3.63, 3.8) is 0 Å². The maximum atomic E-state index is 14.0. The Kier molecular flexibility index (Phi) is 6.39. The van der Waals surface area contributed by atoms with E-state index < -0.39 is 12.0 Å². The van der Waals surface area contributed by atoms with Gasteiger partial charge in [0.25, 0.3) is 5.56 Å². The number of thiazole rings is 1. The second-order valence-corrected chi connectivity index (χ2v) is 11.0. The number of hydrogen-bond acceptors (Lipinski definition) is 6.